The van der Waals surface area contributed by atoms with Crippen molar-refractivity contribution in [2.45, 2.75) is 119 Å². The van der Waals surface area contributed by atoms with Gasteiger partial charge in [0.15, 0.2) is 11.6 Å². The summed E-state index contributed by atoms with van der Waals surface area (Å²) in [4.78, 5) is 61.7. The van der Waals surface area contributed by atoms with E-state index in [0.717, 1.165) is 94.3 Å². The van der Waals surface area contributed by atoms with Crippen LogP contribution >= 0.6 is 0 Å². The molecule has 1 aliphatic carbocycles. The number of pyridine rings is 5. The molecule has 0 amide bonds. The lowest BCUT2D eigenvalue weighted by atomic mass is 9.94. The molecule has 5 N–H and O–H groups in total. The average Bonchev–Trinajstić information content (AvgIpc) is 1.52. The van der Waals surface area contributed by atoms with E-state index in [1.807, 2.05) is 64.1 Å². The Bertz CT molecular complexity index is 7100. The fraction of sp³-hybridized carbons (Fsp3) is 0.337. The second-order valence-corrected chi connectivity index (χ2v) is 42.7. The highest BCUT2D eigenvalue weighted by atomic mass is 32.2. The number of aryl methyl sites for hydroxylation is 11. The number of furan rings is 1. The number of benzene rings is 5. The molecule has 730 valence electrons. The predicted octanol–water partition coefficient (Wildman–Crippen LogP) is 12.5. The molecule has 1 fully saturated rings. The third-order valence-corrected chi connectivity index (χ3v) is 29.3. The van der Waals surface area contributed by atoms with E-state index in [1.54, 1.807) is 79.0 Å². The number of hydrogen-bond acceptors (Lipinski definition) is 16. The molecule has 135 heavy (non-hydrogen) atoms. The minimum absolute atomic E-state index is 0.00407. The van der Waals surface area contributed by atoms with Crippen molar-refractivity contribution in [3.05, 3.63) is 339 Å². The number of hydrogen-bond donors (Lipinski definition) is 5. The summed E-state index contributed by atoms with van der Waals surface area (Å²) in [5.74, 6) is -2.68. The Balaban J connectivity index is 0.000000208. The van der Waals surface area contributed by atoms with Crippen molar-refractivity contribution in [2.24, 2.45) is 28.2 Å². The Morgan fingerprint density at radius 1 is 0.393 bits per heavy atom. The molecule has 6 aromatic heterocycles. The van der Waals surface area contributed by atoms with E-state index in [-0.39, 0.29) is 117 Å². The van der Waals surface area contributed by atoms with Crippen LogP contribution in [0.3, 0.4) is 0 Å². The van der Waals surface area contributed by atoms with Gasteiger partial charge in [-0.2, -0.15) is 76.8 Å². The van der Waals surface area contributed by atoms with E-state index < -0.39 is 91.1 Å². The first-order valence-corrected chi connectivity index (χ1v) is 48.7. The largest absolute Gasteiger partial charge is 0.448 e. The van der Waals surface area contributed by atoms with Gasteiger partial charge in [-0.1, -0.05) is 102 Å². The van der Waals surface area contributed by atoms with Gasteiger partial charge in [0.2, 0.25) is 5.88 Å². The zero-order chi connectivity index (χ0) is 101. The molecule has 43 heteroatoms. The van der Waals surface area contributed by atoms with Crippen molar-refractivity contribution in [3.63, 3.8) is 0 Å². The highest BCUT2D eigenvalue weighted by Crippen LogP contribution is 2.37. The summed E-state index contributed by atoms with van der Waals surface area (Å²) in [6.45, 7) is 19.6. The summed E-state index contributed by atoms with van der Waals surface area (Å²) in [5, 5.41) is 0. The van der Waals surface area contributed by atoms with Crippen LogP contribution in [0.4, 0.5) is 59.2 Å². The number of alkyl halides is 3. The maximum atomic E-state index is 15.2. The summed E-state index contributed by atoms with van der Waals surface area (Å²) in [6.07, 6.45) is 6.37. The summed E-state index contributed by atoms with van der Waals surface area (Å²) in [7, 11) is -0.942. The quantitative estimate of drug-likeness (QED) is 0.0284. The lowest BCUT2D eigenvalue weighted by Crippen LogP contribution is -2.35. The van der Waals surface area contributed by atoms with Gasteiger partial charge in [-0.05, 0) is 166 Å². The number of aromatic nitrogens is 5. The third kappa shape index (κ3) is 27.2. The van der Waals surface area contributed by atoms with Crippen molar-refractivity contribution in [1.82, 2.24) is 44.4 Å². The van der Waals surface area contributed by atoms with Gasteiger partial charge in [0.05, 0.1) is 40.3 Å². The molecule has 1 saturated carbocycles. The lowest BCUT2D eigenvalue weighted by molar-refractivity contribution is -0.138. The number of rotatable bonds is 28. The van der Waals surface area contributed by atoms with Crippen molar-refractivity contribution in [1.29, 1.82) is 0 Å². The minimum atomic E-state index is -4.60. The van der Waals surface area contributed by atoms with Crippen LogP contribution < -0.4 is 51.4 Å². The summed E-state index contributed by atoms with van der Waals surface area (Å²) in [5.41, 5.74) is 7.20. The Hall–Kier alpha value is -12.1. The van der Waals surface area contributed by atoms with Gasteiger partial charge in [-0.15, -0.1) is 0 Å². The lowest BCUT2D eigenvalue weighted by Gasteiger charge is -2.21. The average molecular weight is 1980 g/mol. The molecule has 0 spiro atoms. The molecule has 0 aliphatic heterocycles. The molecule has 0 unspecified atom stereocenters. The van der Waals surface area contributed by atoms with Gasteiger partial charge in [0, 0.05) is 195 Å². The van der Waals surface area contributed by atoms with Crippen LogP contribution in [-0.4, -0.2) is 156 Å². The Morgan fingerprint density at radius 2 is 0.704 bits per heavy atom. The van der Waals surface area contributed by atoms with E-state index in [2.05, 4.69) is 30.2 Å². The van der Waals surface area contributed by atoms with E-state index in [4.69, 9.17) is 4.42 Å². The van der Waals surface area contributed by atoms with Crippen molar-refractivity contribution >= 4 is 85.6 Å². The second kappa shape index (κ2) is 43.7. The van der Waals surface area contributed by atoms with Crippen LogP contribution in [0.15, 0.2) is 175 Å². The topological polar surface area (TPSA) is 370 Å². The first-order valence-electron chi connectivity index (χ1n) is 41.5. The Morgan fingerprint density at radius 3 is 1.05 bits per heavy atom. The molecule has 0 atom stereocenters. The number of nitrogens with zero attached hydrogens (tertiary/aromatic N) is 10. The predicted molar refractivity (Wildman–Crippen MR) is 513 cm³/mol. The summed E-state index contributed by atoms with van der Waals surface area (Å²) in [6, 6.07) is 28.0. The first kappa shape index (κ1) is 108. The van der Waals surface area contributed by atoms with Crippen LogP contribution in [-0.2, 0) is 118 Å². The third-order valence-electron chi connectivity index (χ3n) is 22.0. The van der Waals surface area contributed by atoms with E-state index >= 15 is 4.39 Å². The number of nitrogens with one attached hydrogen (secondary N) is 5. The SMILES string of the molecule is C=Cc1c(Cc2ccc(C)cc2C(F)(F)F)c(NS(=O)(=O)N(C)C)cn(C)c1=O.Cc1ccc(Cc2c(NS(=O)(=O)N(C)C)cn(-c3ccco3)c(=O)c2F)c(C)c1.Cc1ccc(Cc2c(NS(=O)(=O)N(C)C)cn(C)c(=O)c2C)c(F)c1.Cc1ccc(Cc2c(NS(=O)(=O)N(C)C)cn(C)c(=O)c2F)c(C)c1.Cc1ccc(Cc2c(NS(=O)(=O)N(C)C3CC3)cn(C)c(=O)c2C)c(F)c1. The molecule has 1 aliphatic rings. The Kier molecular flexibility index (Phi) is 35.1. The molecule has 12 rings (SSSR count). The summed E-state index contributed by atoms with van der Waals surface area (Å²) < 4.78 is 250. The highest BCUT2D eigenvalue weighted by molar-refractivity contribution is 7.91. The van der Waals surface area contributed by atoms with Crippen LogP contribution in [0, 0.1) is 85.6 Å². The van der Waals surface area contributed by atoms with Crippen LogP contribution in [0.5, 0.6) is 0 Å². The maximum Gasteiger partial charge on any atom is 0.416 e. The first-order chi connectivity index (χ1) is 62.5. The van der Waals surface area contributed by atoms with Crippen molar-refractivity contribution in [2.75, 3.05) is 87.0 Å². The normalized spacial score (nSPS) is 12.5. The smallest absolute Gasteiger partial charge is 0.416 e. The fourth-order valence-corrected chi connectivity index (χ4v) is 17.5. The number of anilines is 5. The minimum Gasteiger partial charge on any atom is -0.448 e. The second-order valence-electron chi connectivity index (χ2n) is 33.4. The molecule has 0 saturated heterocycles. The molecular weight excluding hydrogens is 1860 g/mol. The summed E-state index contributed by atoms with van der Waals surface area (Å²) >= 11 is 0. The van der Waals surface area contributed by atoms with Gasteiger partial charge < -0.3 is 22.7 Å². The maximum absolute atomic E-state index is 15.2. The van der Waals surface area contributed by atoms with Gasteiger partial charge in [0.1, 0.15) is 11.6 Å². The van der Waals surface area contributed by atoms with Gasteiger partial charge >= 0.3 is 57.2 Å². The molecule has 0 bridgehead atoms. The highest BCUT2D eigenvalue weighted by Gasteiger charge is 2.37. The van der Waals surface area contributed by atoms with E-state index in [0.29, 0.717) is 44.6 Å². The zero-order valence-corrected chi connectivity index (χ0v) is 82.9. The molecule has 31 nitrogen and oxygen atoms in total. The van der Waals surface area contributed by atoms with Gasteiger partial charge in [-0.25, -0.2) is 22.1 Å². The van der Waals surface area contributed by atoms with E-state index in [1.165, 1.54) is 165 Å². The number of halogens is 7. The van der Waals surface area contributed by atoms with Crippen molar-refractivity contribution in [3.8, 4) is 5.88 Å². The monoisotopic (exact) mass is 1980 g/mol. The molecule has 11 aromatic rings. The zero-order valence-electron chi connectivity index (χ0n) is 78.8. The van der Waals surface area contributed by atoms with E-state index in [9.17, 15) is 92.4 Å². The van der Waals surface area contributed by atoms with Crippen molar-refractivity contribution < 1.29 is 77.2 Å². The molecule has 6 heterocycles. The molecule has 0 radical (unpaired) electrons. The standard InChI is InChI=1S/C20H22FN3O4S.C19H22F3N3O3S.C19H24FN3O3S.2C17H22FN3O3S/c1-13-7-8-15(14(2)10-13)11-16-17(22-29(26,27)23(3)4)12-24(20(25)19(16)21)18-6-5-9-28-18;1-6-14-15(10-13-8-7-12(2)9-16(13)19(20,21)22)17(11-25(5)18(14)26)23-29(27,28)24(3)4;1-12-5-6-14(17(20)9-12)10-16-13(2)19(24)22(3)11-18(16)21-27(25,26)23(4)15-7-8-15;1-11-6-7-13(15(18)8-11)9-14-12(2)17(22)21(5)10-16(14)19-25(23,24)20(3)4;1-11-6-7-13(12(2)8-11)9-14-15(19-25(23,24)20(3)4)10-21(5)17(22)16(14)18/h5-10,12,22H,11H2,1-4H3;6-9,11,23H,1,10H2,2-5H3;5-6,9,11,15,21H,7-8,10H2,1-4H3;2*6-8,10,19H,9H2,1-5H3. The van der Waals surface area contributed by atoms with Gasteiger partial charge in [-0.3, -0.25) is 47.6 Å². The molecular formula is C92H112F7N15O16S5. The van der Waals surface area contributed by atoms with Crippen LogP contribution in [0.1, 0.15) is 130 Å². The fourth-order valence-electron chi connectivity index (χ4n) is 13.7. The van der Waals surface area contributed by atoms with Gasteiger partial charge in [0.25, 0.3) is 27.8 Å². The van der Waals surface area contributed by atoms with Crippen LogP contribution in [0.25, 0.3) is 12.0 Å². The van der Waals surface area contributed by atoms with Crippen LogP contribution in [0.2, 0.25) is 0 Å². The Labute approximate surface area is 781 Å². The molecule has 5 aromatic carbocycles.